The van der Waals surface area contributed by atoms with Crippen LogP contribution in [0.5, 0.6) is 0 Å². The molecule has 1 aromatic carbocycles. The van der Waals surface area contributed by atoms with Gasteiger partial charge < -0.3 is 18.9 Å². The van der Waals surface area contributed by atoms with Crippen LogP contribution in [0.25, 0.3) is 0 Å². The van der Waals surface area contributed by atoms with Crippen LogP contribution in [-0.4, -0.2) is 73.3 Å². The van der Waals surface area contributed by atoms with E-state index in [9.17, 15) is 26.4 Å². The molecule has 2 saturated heterocycles. The molecule has 2 aliphatic heterocycles. The number of benzene rings is 1. The lowest BCUT2D eigenvalue weighted by molar-refractivity contribution is -0.137. The smallest absolute Gasteiger partial charge is 0.444 e. The van der Waals surface area contributed by atoms with E-state index in [2.05, 4.69) is 0 Å². The van der Waals surface area contributed by atoms with Crippen LogP contribution in [0, 0.1) is 0 Å². The number of piperazine rings is 1. The van der Waals surface area contributed by atoms with E-state index in [1.165, 1.54) is 4.90 Å². The maximum absolute atomic E-state index is 13.8. The van der Waals surface area contributed by atoms with E-state index < -0.39 is 62.7 Å². The van der Waals surface area contributed by atoms with Crippen LogP contribution in [0.1, 0.15) is 61.0 Å². The zero-order valence-electron chi connectivity index (χ0n) is 21.9. The molecule has 202 valence electrons. The molecule has 0 spiro atoms. The molecular formula is C23H34BF3N2O6S. The van der Waals surface area contributed by atoms with Crippen molar-refractivity contribution >= 4 is 28.7 Å². The third-order valence-corrected chi connectivity index (χ3v) is 8.48. The summed E-state index contributed by atoms with van der Waals surface area (Å²) in [6.45, 7) is 13.7. The summed E-state index contributed by atoms with van der Waals surface area (Å²) in [5, 5.41) is 0. The summed E-state index contributed by atoms with van der Waals surface area (Å²) in [5.41, 5.74) is -3.52. The number of hydrogen-bond donors (Lipinski definition) is 0. The van der Waals surface area contributed by atoms with E-state index in [0.29, 0.717) is 6.07 Å². The Bertz CT molecular complexity index is 1100. The van der Waals surface area contributed by atoms with Crippen molar-refractivity contribution in [3.05, 3.63) is 23.8 Å². The molecular weight excluding hydrogens is 500 g/mol. The normalized spacial score (nSPS) is 23.1. The van der Waals surface area contributed by atoms with Gasteiger partial charge in [-0.2, -0.15) is 17.5 Å². The van der Waals surface area contributed by atoms with Crippen molar-refractivity contribution in [3.63, 3.8) is 0 Å². The molecule has 0 saturated carbocycles. The summed E-state index contributed by atoms with van der Waals surface area (Å²) in [4.78, 5) is 13.4. The van der Waals surface area contributed by atoms with Gasteiger partial charge in [0, 0.05) is 25.7 Å². The lowest BCUT2D eigenvalue weighted by atomic mass is 9.78. The van der Waals surface area contributed by atoms with Gasteiger partial charge in [-0.25, -0.2) is 13.2 Å². The molecule has 1 amide bonds. The Morgan fingerprint density at radius 2 is 1.61 bits per heavy atom. The maximum atomic E-state index is 13.8. The predicted molar refractivity (Wildman–Crippen MR) is 128 cm³/mol. The highest BCUT2D eigenvalue weighted by Crippen LogP contribution is 2.38. The van der Waals surface area contributed by atoms with Crippen molar-refractivity contribution in [2.24, 2.45) is 0 Å². The van der Waals surface area contributed by atoms with Crippen LogP contribution in [0.3, 0.4) is 0 Å². The Labute approximate surface area is 211 Å². The van der Waals surface area contributed by atoms with Gasteiger partial charge in [0.15, 0.2) is 0 Å². The summed E-state index contributed by atoms with van der Waals surface area (Å²) in [6.07, 6.45) is -5.36. The van der Waals surface area contributed by atoms with Crippen LogP contribution in [-0.2, 0) is 30.2 Å². The largest absolute Gasteiger partial charge is 0.494 e. The fourth-order valence-electron chi connectivity index (χ4n) is 3.93. The molecule has 2 aliphatic rings. The standard InChI is InChI=1S/C23H34BF3N2O6S/c1-15-14-28(9-10-29(15)19(30)33-20(2,3)4)36(31,32)18-12-16(23(25,26)27)11-17(13-18)24-34-21(5,6)22(7,8)35-24/h11-13,15H,9-10,14H2,1-8H3. The molecule has 2 fully saturated rings. The number of halogens is 3. The number of amides is 1. The topological polar surface area (TPSA) is 85.4 Å². The highest BCUT2D eigenvalue weighted by Gasteiger charge is 2.52. The second-order valence-corrected chi connectivity index (χ2v) is 13.2. The van der Waals surface area contributed by atoms with Crippen LogP contribution in [0.2, 0.25) is 0 Å². The Kier molecular flexibility index (Phi) is 7.33. The quantitative estimate of drug-likeness (QED) is 0.551. The van der Waals surface area contributed by atoms with E-state index >= 15 is 0 Å². The molecule has 1 unspecified atom stereocenters. The molecule has 0 bridgehead atoms. The highest BCUT2D eigenvalue weighted by atomic mass is 32.2. The third kappa shape index (κ3) is 5.84. The number of sulfonamides is 1. The number of alkyl halides is 3. The molecule has 1 aromatic rings. The molecule has 3 rings (SSSR count). The fraction of sp³-hybridized carbons (Fsp3) is 0.696. The van der Waals surface area contributed by atoms with Crippen LogP contribution >= 0.6 is 0 Å². The number of hydrogen-bond acceptors (Lipinski definition) is 6. The first-order valence-corrected chi connectivity index (χ1v) is 13.2. The Hall–Kier alpha value is -1.83. The van der Waals surface area contributed by atoms with Gasteiger partial charge in [-0.1, -0.05) is 6.07 Å². The lowest BCUT2D eigenvalue weighted by Gasteiger charge is -2.39. The van der Waals surface area contributed by atoms with Gasteiger partial charge in [0.1, 0.15) is 5.60 Å². The van der Waals surface area contributed by atoms with Crippen LogP contribution in [0.15, 0.2) is 23.1 Å². The molecule has 2 heterocycles. The minimum Gasteiger partial charge on any atom is -0.444 e. The molecule has 36 heavy (non-hydrogen) atoms. The number of nitrogens with zero attached hydrogens (tertiary/aromatic N) is 2. The van der Waals surface area contributed by atoms with Gasteiger partial charge in [0.05, 0.1) is 21.7 Å². The van der Waals surface area contributed by atoms with Gasteiger partial charge in [-0.15, -0.1) is 0 Å². The third-order valence-electron chi connectivity index (χ3n) is 6.64. The van der Waals surface area contributed by atoms with Crippen LogP contribution in [0.4, 0.5) is 18.0 Å². The van der Waals surface area contributed by atoms with E-state index in [1.807, 2.05) is 0 Å². The van der Waals surface area contributed by atoms with Crippen molar-refractivity contribution in [1.82, 2.24) is 9.21 Å². The van der Waals surface area contributed by atoms with Gasteiger partial charge in [-0.05, 0) is 73.0 Å². The molecule has 0 radical (unpaired) electrons. The molecule has 13 heteroatoms. The van der Waals surface area contributed by atoms with Gasteiger partial charge in [-0.3, -0.25) is 0 Å². The first-order valence-electron chi connectivity index (χ1n) is 11.7. The fourth-order valence-corrected chi connectivity index (χ4v) is 5.53. The van der Waals surface area contributed by atoms with Crippen molar-refractivity contribution in [3.8, 4) is 0 Å². The molecule has 0 aliphatic carbocycles. The van der Waals surface area contributed by atoms with E-state index in [4.69, 9.17) is 14.0 Å². The molecule has 8 nitrogen and oxygen atoms in total. The SMILES string of the molecule is CC1CN(S(=O)(=O)c2cc(B3OC(C)(C)C(C)(C)O3)cc(C(F)(F)F)c2)CCN1C(=O)OC(C)(C)C. The first kappa shape index (κ1) is 28.7. The number of rotatable bonds is 3. The van der Waals surface area contributed by atoms with Crippen molar-refractivity contribution < 1.29 is 40.4 Å². The highest BCUT2D eigenvalue weighted by molar-refractivity contribution is 7.89. The second kappa shape index (κ2) is 9.18. The molecule has 1 atom stereocenters. The number of carbonyl (C=O) groups excluding carboxylic acids is 1. The van der Waals surface area contributed by atoms with Gasteiger partial charge >= 0.3 is 19.4 Å². The number of carbonyl (C=O) groups is 1. The average molecular weight is 534 g/mol. The summed E-state index contributed by atoms with van der Waals surface area (Å²) < 4.78 is 86.4. The maximum Gasteiger partial charge on any atom is 0.494 e. The van der Waals surface area contributed by atoms with Crippen molar-refractivity contribution in [1.29, 1.82) is 0 Å². The van der Waals surface area contributed by atoms with E-state index in [0.717, 1.165) is 16.4 Å². The summed E-state index contributed by atoms with van der Waals surface area (Å²) in [5.74, 6) is 0. The zero-order chi connectivity index (χ0) is 27.5. The monoisotopic (exact) mass is 534 g/mol. The Morgan fingerprint density at radius 1 is 1.06 bits per heavy atom. The first-order chi connectivity index (χ1) is 16.1. The van der Waals surface area contributed by atoms with Crippen LogP contribution < -0.4 is 5.46 Å². The van der Waals surface area contributed by atoms with Gasteiger partial charge in [0.2, 0.25) is 10.0 Å². The minimum absolute atomic E-state index is 0.0394. The summed E-state index contributed by atoms with van der Waals surface area (Å²) in [7, 11) is -5.50. The van der Waals surface area contributed by atoms with E-state index in [1.54, 1.807) is 55.4 Å². The summed E-state index contributed by atoms with van der Waals surface area (Å²) in [6, 6.07) is 2.09. The van der Waals surface area contributed by atoms with E-state index in [-0.39, 0.29) is 25.1 Å². The second-order valence-electron chi connectivity index (χ2n) is 11.3. The van der Waals surface area contributed by atoms with Crippen molar-refractivity contribution in [2.45, 2.75) is 89.3 Å². The predicted octanol–water partition coefficient (Wildman–Crippen LogP) is 3.63. The zero-order valence-corrected chi connectivity index (χ0v) is 22.7. The Balaban J connectivity index is 1.92. The minimum atomic E-state index is -4.79. The molecule has 0 N–H and O–H groups in total. The Morgan fingerprint density at radius 3 is 2.08 bits per heavy atom. The summed E-state index contributed by atoms with van der Waals surface area (Å²) >= 11 is 0. The van der Waals surface area contributed by atoms with Gasteiger partial charge in [0.25, 0.3) is 0 Å². The average Bonchev–Trinajstić information content (AvgIpc) is 2.92. The van der Waals surface area contributed by atoms with Crippen molar-refractivity contribution in [2.75, 3.05) is 19.6 Å². The molecule has 0 aromatic heterocycles. The lowest BCUT2D eigenvalue weighted by Crippen LogP contribution is -2.56. The number of ether oxygens (including phenoxy) is 1.